The summed E-state index contributed by atoms with van der Waals surface area (Å²) in [6.45, 7) is 11.0. The summed E-state index contributed by atoms with van der Waals surface area (Å²) < 4.78 is 0. The lowest BCUT2D eigenvalue weighted by atomic mass is 9.82. The molecule has 0 radical (unpaired) electrons. The zero-order valence-electron chi connectivity index (χ0n) is 12.3. The van der Waals surface area contributed by atoms with Gasteiger partial charge in [0.25, 0.3) is 0 Å². The zero-order chi connectivity index (χ0) is 13.0. The van der Waals surface area contributed by atoms with Gasteiger partial charge >= 0.3 is 0 Å². The van der Waals surface area contributed by atoms with E-state index in [0.29, 0.717) is 5.92 Å². The smallest absolute Gasteiger partial charge is 0.193 e. The van der Waals surface area contributed by atoms with Gasteiger partial charge in [-0.3, -0.25) is 4.99 Å². The molecule has 0 aromatic heterocycles. The molecule has 2 atom stereocenters. The summed E-state index contributed by atoms with van der Waals surface area (Å²) in [6.07, 6.45) is 5.75. The third-order valence-electron chi connectivity index (χ3n) is 4.22. The Hall–Kier alpha value is -0.730. The lowest BCUT2D eigenvalue weighted by molar-refractivity contribution is 0.299. The Labute approximate surface area is 112 Å². The largest absolute Gasteiger partial charge is 0.357 e. The van der Waals surface area contributed by atoms with Gasteiger partial charge in [-0.25, -0.2) is 0 Å². The van der Waals surface area contributed by atoms with E-state index < -0.39 is 0 Å². The Balaban J connectivity index is 1.96. The van der Waals surface area contributed by atoms with Crippen LogP contribution in [0.2, 0.25) is 0 Å². The number of rotatable bonds is 3. The van der Waals surface area contributed by atoms with Crippen molar-refractivity contribution in [3.05, 3.63) is 0 Å². The van der Waals surface area contributed by atoms with Crippen molar-refractivity contribution in [2.24, 2.45) is 22.7 Å². The van der Waals surface area contributed by atoms with E-state index in [1.54, 1.807) is 0 Å². The second-order valence-electron chi connectivity index (χ2n) is 6.30. The minimum Gasteiger partial charge on any atom is -0.357 e. The summed E-state index contributed by atoms with van der Waals surface area (Å²) in [6, 6.07) is 0. The molecule has 2 unspecified atom stereocenters. The first-order chi connectivity index (χ1) is 8.70. The van der Waals surface area contributed by atoms with E-state index in [1.165, 1.54) is 38.8 Å². The number of likely N-dealkylation sites (tertiary alicyclic amines) is 1. The average molecular weight is 251 g/mol. The molecule has 3 nitrogen and oxygen atoms in total. The molecule has 1 N–H and O–H groups in total. The highest BCUT2D eigenvalue weighted by molar-refractivity contribution is 5.80. The highest BCUT2D eigenvalue weighted by atomic mass is 15.3. The van der Waals surface area contributed by atoms with Crippen LogP contribution in [0.4, 0.5) is 0 Å². The fourth-order valence-corrected chi connectivity index (χ4v) is 3.27. The lowest BCUT2D eigenvalue weighted by Gasteiger charge is -2.22. The molecule has 2 fully saturated rings. The lowest BCUT2D eigenvalue weighted by Crippen LogP contribution is -2.40. The highest BCUT2D eigenvalue weighted by Crippen LogP contribution is 2.35. The Bertz CT molecular complexity index is 271. The second kappa shape index (κ2) is 6.44. The van der Waals surface area contributed by atoms with Gasteiger partial charge in [-0.1, -0.05) is 26.7 Å². The Morgan fingerprint density at radius 1 is 1.22 bits per heavy atom. The fraction of sp³-hybridized carbons (Fsp3) is 0.933. The molecule has 0 amide bonds. The van der Waals surface area contributed by atoms with Crippen LogP contribution in [0.3, 0.4) is 0 Å². The van der Waals surface area contributed by atoms with Crippen LogP contribution in [0.1, 0.15) is 46.5 Å². The normalized spacial score (nSPS) is 28.7. The minimum atomic E-state index is 0.642. The van der Waals surface area contributed by atoms with Gasteiger partial charge < -0.3 is 10.2 Å². The number of nitrogens with zero attached hydrogens (tertiary/aromatic N) is 2. The summed E-state index contributed by atoms with van der Waals surface area (Å²) in [5.74, 6) is 3.66. The monoisotopic (exact) mass is 251 g/mol. The van der Waals surface area contributed by atoms with Crippen LogP contribution < -0.4 is 5.32 Å². The summed E-state index contributed by atoms with van der Waals surface area (Å²) in [5, 5.41) is 3.47. The molecule has 1 saturated carbocycles. The van der Waals surface area contributed by atoms with Crippen molar-refractivity contribution >= 4 is 5.96 Å². The molecule has 1 heterocycles. The first-order valence-corrected chi connectivity index (χ1v) is 7.74. The SMILES string of the molecule is CCNC(=NCC(C)C)N1CC2CCCCC2C1. The second-order valence-corrected chi connectivity index (χ2v) is 6.30. The molecule has 1 aliphatic heterocycles. The van der Waals surface area contributed by atoms with E-state index in [9.17, 15) is 0 Å². The van der Waals surface area contributed by atoms with Crippen LogP contribution in [0.25, 0.3) is 0 Å². The number of fused-ring (bicyclic) bond motifs is 1. The van der Waals surface area contributed by atoms with Crippen LogP contribution in [0.5, 0.6) is 0 Å². The Kier molecular flexibility index (Phi) is 4.90. The van der Waals surface area contributed by atoms with E-state index >= 15 is 0 Å². The van der Waals surface area contributed by atoms with Crippen LogP contribution in [0.15, 0.2) is 4.99 Å². The number of hydrogen-bond donors (Lipinski definition) is 1. The molecule has 0 aromatic rings. The van der Waals surface area contributed by atoms with Crippen LogP contribution in [-0.4, -0.2) is 37.0 Å². The predicted octanol–water partition coefficient (Wildman–Crippen LogP) is 2.73. The Morgan fingerprint density at radius 3 is 2.33 bits per heavy atom. The molecule has 1 saturated heterocycles. The van der Waals surface area contributed by atoms with Crippen molar-refractivity contribution in [1.82, 2.24) is 10.2 Å². The number of nitrogens with one attached hydrogen (secondary N) is 1. The third-order valence-corrected chi connectivity index (χ3v) is 4.22. The van der Waals surface area contributed by atoms with E-state index in [1.807, 2.05) is 0 Å². The molecular formula is C15H29N3. The van der Waals surface area contributed by atoms with E-state index in [0.717, 1.165) is 30.9 Å². The molecule has 1 aliphatic carbocycles. The van der Waals surface area contributed by atoms with Gasteiger partial charge in [0.15, 0.2) is 5.96 Å². The van der Waals surface area contributed by atoms with Crippen LogP contribution in [-0.2, 0) is 0 Å². The Morgan fingerprint density at radius 2 is 1.83 bits per heavy atom. The molecule has 18 heavy (non-hydrogen) atoms. The number of guanidine groups is 1. The maximum atomic E-state index is 4.78. The number of aliphatic imine (C=N–C) groups is 1. The highest BCUT2D eigenvalue weighted by Gasteiger charge is 2.35. The summed E-state index contributed by atoms with van der Waals surface area (Å²) in [7, 11) is 0. The van der Waals surface area contributed by atoms with Gasteiger partial charge in [0, 0.05) is 26.2 Å². The van der Waals surface area contributed by atoms with Gasteiger partial charge in [-0.15, -0.1) is 0 Å². The molecule has 3 heteroatoms. The van der Waals surface area contributed by atoms with Crippen molar-refractivity contribution in [2.45, 2.75) is 46.5 Å². The van der Waals surface area contributed by atoms with Crippen LogP contribution >= 0.6 is 0 Å². The van der Waals surface area contributed by atoms with Gasteiger partial charge in [0.05, 0.1) is 0 Å². The van der Waals surface area contributed by atoms with Gasteiger partial charge in [0.2, 0.25) is 0 Å². The van der Waals surface area contributed by atoms with Crippen molar-refractivity contribution in [2.75, 3.05) is 26.2 Å². The van der Waals surface area contributed by atoms with E-state index in [-0.39, 0.29) is 0 Å². The van der Waals surface area contributed by atoms with Gasteiger partial charge in [-0.2, -0.15) is 0 Å². The first-order valence-electron chi connectivity index (χ1n) is 7.74. The standard InChI is InChI=1S/C15H29N3/c1-4-16-15(17-9-12(2)3)18-10-13-7-5-6-8-14(13)11-18/h12-14H,4-11H2,1-3H3,(H,16,17). The molecule has 0 bridgehead atoms. The molecule has 2 aliphatic rings. The topological polar surface area (TPSA) is 27.6 Å². The summed E-state index contributed by atoms with van der Waals surface area (Å²) >= 11 is 0. The third kappa shape index (κ3) is 3.39. The maximum Gasteiger partial charge on any atom is 0.193 e. The average Bonchev–Trinajstić information content (AvgIpc) is 2.77. The molecule has 104 valence electrons. The predicted molar refractivity (Wildman–Crippen MR) is 77.8 cm³/mol. The van der Waals surface area contributed by atoms with Crippen molar-refractivity contribution in [3.63, 3.8) is 0 Å². The molecular weight excluding hydrogens is 222 g/mol. The van der Waals surface area contributed by atoms with Crippen molar-refractivity contribution in [1.29, 1.82) is 0 Å². The summed E-state index contributed by atoms with van der Waals surface area (Å²) in [5.41, 5.74) is 0. The molecule has 0 spiro atoms. The maximum absolute atomic E-state index is 4.78. The van der Waals surface area contributed by atoms with Crippen molar-refractivity contribution < 1.29 is 0 Å². The van der Waals surface area contributed by atoms with Crippen LogP contribution in [0, 0.1) is 17.8 Å². The molecule has 0 aromatic carbocycles. The fourth-order valence-electron chi connectivity index (χ4n) is 3.27. The zero-order valence-corrected chi connectivity index (χ0v) is 12.3. The molecule has 2 rings (SSSR count). The first kappa shape index (κ1) is 13.7. The quantitative estimate of drug-likeness (QED) is 0.617. The number of hydrogen-bond acceptors (Lipinski definition) is 1. The van der Waals surface area contributed by atoms with Gasteiger partial charge in [0.1, 0.15) is 0 Å². The summed E-state index contributed by atoms with van der Waals surface area (Å²) in [4.78, 5) is 7.29. The van der Waals surface area contributed by atoms with E-state index in [4.69, 9.17) is 4.99 Å². The van der Waals surface area contributed by atoms with E-state index in [2.05, 4.69) is 31.0 Å². The van der Waals surface area contributed by atoms with Gasteiger partial charge in [-0.05, 0) is 37.5 Å². The van der Waals surface area contributed by atoms with Crippen molar-refractivity contribution in [3.8, 4) is 0 Å². The minimum absolute atomic E-state index is 0.642.